The van der Waals surface area contributed by atoms with Gasteiger partial charge in [-0.2, -0.15) is 4.31 Å². The third-order valence-electron chi connectivity index (χ3n) is 4.57. The molecule has 1 N–H and O–H groups in total. The molecule has 0 saturated carbocycles. The number of benzene rings is 2. The molecule has 0 spiro atoms. The molecule has 27 heavy (non-hydrogen) atoms. The number of fused-ring (bicyclic) bond motifs is 1. The summed E-state index contributed by atoms with van der Waals surface area (Å²) in [7, 11) is -2.26. The van der Waals surface area contributed by atoms with E-state index < -0.39 is 10.0 Å². The Hall–Kier alpha value is -2.38. The van der Waals surface area contributed by atoms with Crippen LogP contribution in [-0.2, 0) is 23.0 Å². The third-order valence-corrected chi connectivity index (χ3v) is 6.41. The van der Waals surface area contributed by atoms with E-state index in [-0.39, 0.29) is 22.4 Å². The number of carbonyl (C=O) groups is 1. The smallest absolute Gasteiger partial charge is 0.255 e. The van der Waals surface area contributed by atoms with Crippen LogP contribution in [0.4, 0.5) is 0 Å². The maximum atomic E-state index is 13.1. The molecule has 0 bridgehead atoms. The van der Waals surface area contributed by atoms with Crippen molar-refractivity contribution in [3.8, 4) is 5.75 Å². The van der Waals surface area contributed by atoms with Gasteiger partial charge in [0, 0.05) is 19.1 Å². The molecule has 0 atom stereocenters. The Bertz CT molecular complexity index is 954. The van der Waals surface area contributed by atoms with E-state index in [1.807, 2.05) is 38.1 Å². The molecule has 144 valence electrons. The first kappa shape index (κ1) is 19.4. The molecule has 0 fully saturated rings. The highest BCUT2D eigenvalue weighted by Gasteiger charge is 2.29. The number of sulfonamides is 1. The predicted molar refractivity (Wildman–Crippen MR) is 103 cm³/mol. The van der Waals surface area contributed by atoms with Gasteiger partial charge in [0.1, 0.15) is 5.75 Å². The third kappa shape index (κ3) is 3.99. The van der Waals surface area contributed by atoms with Crippen molar-refractivity contribution < 1.29 is 17.9 Å². The van der Waals surface area contributed by atoms with Crippen LogP contribution < -0.4 is 10.1 Å². The Balaban J connectivity index is 1.94. The molecule has 1 aliphatic heterocycles. The van der Waals surface area contributed by atoms with Crippen molar-refractivity contribution >= 4 is 15.9 Å². The average molecular weight is 388 g/mol. The van der Waals surface area contributed by atoms with Crippen LogP contribution in [-0.4, -0.2) is 38.3 Å². The monoisotopic (exact) mass is 388 g/mol. The molecule has 1 heterocycles. The van der Waals surface area contributed by atoms with E-state index in [4.69, 9.17) is 4.74 Å². The van der Waals surface area contributed by atoms with Gasteiger partial charge in [0.25, 0.3) is 5.91 Å². The first-order valence-electron chi connectivity index (χ1n) is 8.88. The molecule has 0 saturated heterocycles. The van der Waals surface area contributed by atoms with Gasteiger partial charge >= 0.3 is 0 Å². The summed E-state index contributed by atoms with van der Waals surface area (Å²) in [6.45, 7) is 4.43. The second-order valence-corrected chi connectivity index (χ2v) is 8.79. The maximum Gasteiger partial charge on any atom is 0.255 e. The van der Waals surface area contributed by atoms with Crippen LogP contribution in [0.1, 0.15) is 35.3 Å². The van der Waals surface area contributed by atoms with Crippen molar-refractivity contribution in [1.29, 1.82) is 0 Å². The number of hydrogen-bond donors (Lipinski definition) is 1. The minimum atomic E-state index is -3.72. The van der Waals surface area contributed by atoms with Gasteiger partial charge in [-0.05, 0) is 49.6 Å². The zero-order chi connectivity index (χ0) is 19.6. The highest BCUT2D eigenvalue weighted by atomic mass is 32.2. The van der Waals surface area contributed by atoms with E-state index in [1.54, 1.807) is 0 Å². The van der Waals surface area contributed by atoms with Gasteiger partial charge in [-0.3, -0.25) is 4.79 Å². The molecule has 0 radical (unpaired) electrons. The number of ether oxygens (including phenoxy) is 1. The highest BCUT2D eigenvalue weighted by Crippen LogP contribution is 2.28. The fourth-order valence-electron chi connectivity index (χ4n) is 3.19. The van der Waals surface area contributed by atoms with Gasteiger partial charge < -0.3 is 10.1 Å². The van der Waals surface area contributed by atoms with Crippen LogP contribution in [0.3, 0.4) is 0 Å². The van der Waals surface area contributed by atoms with Crippen molar-refractivity contribution in [3.63, 3.8) is 0 Å². The molecule has 0 aliphatic carbocycles. The van der Waals surface area contributed by atoms with Crippen LogP contribution in [0.2, 0.25) is 0 Å². The van der Waals surface area contributed by atoms with Gasteiger partial charge in [0.15, 0.2) is 0 Å². The lowest BCUT2D eigenvalue weighted by atomic mass is 10.0. The van der Waals surface area contributed by atoms with Crippen molar-refractivity contribution in [3.05, 3.63) is 59.2 Å². The molecule has 6 nitrogen and oxygen atoms in total. The molecule has 2 aromatic rings. The Morgan fingerprint density at radius 2 is 1.85 bits per heavy atom. The van der Waals surface area contributed by atoms with Crippen LogP contribution >= 0.6 is 0 Å². The van der Waals surface area contributed by atoms with Gasteiger partial charge in [0.2, 0.25) is 10.0 Å². The average Bonchev–Trinajstić information content (AvgIpc) is 2.66. The summed E-state index contributed by atoms with van der Waals surface area (Å²) in [5, 5.41) is 2.78. The molecule has 2 aromatic carbocycles. The molecule has 1 amide bonds. The second kappa shape index (κ2) is 7.70. The summed E-state index contributed by atoms with van der Waals surface area (Å²) in [6, 6.07) is 12.2. The maximum absolute atomic E-state index is 13.1. The summed E-state index contributed by atoms with van der Waals surface area (Å²) in [4.78, 5) is 12.5. The summed E-state index contributed by atoms with van der Waals surface area (Å²) >= 11 is 0. The van der Waals surface area contributed by atoms with Crippen LogP contribution in [0.15, 0.2) is 47.4 Å². The largest absolute Gasteiger partial charge is 0.496 e. The molecule has 0 aromatic heterocycles. The fourth-order valence-corrected chi connectivity index (χ4v) is 4.63. The number of carbonyl (C=O) groups excluding carboxylic acids is 1. The van der Waals surface area contributed by atoms with Gasteiger partial charge in [-0.15, -0.1) is 0 Å². The van der Waals surface area contributed by atoms with E-state index in [0.717, 1.165) is 5.56 Å². The molecule has 3 rings (SSSR count). The highest BCUT2D eigenvalue weighted by molar-refractivity contribution is 7.89. The minimum Gasteiger partial charge on any atom is -0.496 e. The zero-order valence-electron chi connectivity index (χ0n) is 15.7. The lowest BCUT2D eigenvalue weighted by molar-refractivity contribution is 0.0940. The summed E-state index contributed by atoms with van der Waals surface area (Å²) in [6.07, 6.45) is 0.673. The zero-order valence-corrected chi connectivity index (χ0v) is 16.5. The van der Waals surface area contributed by atoms with Crippen molar-refractivity contribution in [2.45, 2.75) is 37.8 Å². The number of rotatable bonds is 5. The Kier molecular flexibility index (Phi) is 5.53. The van der Waals surface area contributed by atoms with Crippen LogP contribution in [0, 0.1) is 0 Å². The van der Waals surface area contributed by atoms with Crippen molar-refractivity contribution in [2.24, 2.45) is 0 Å². The number of methoxy groups -OCH3 is 1. The van der Waals surface area contributed by atoms with Crippen molar-refractivity contribution in [2.75, 3.05) is 13.7 Å². The standard InChI is InChI=1S/C20H24N2O4S/c1-14(2)21-20(23)18-12-17(8-9-19(18)26-3)27(24,25)22-11-10-15-6-4-5-7-16(15)13-22/h4-9,12,14H,10-11,13H2,1-3H3,(H,21,23). The summed E-state index contributed by atoms with van der Waals surface area (Å²) in [5.41, 5.74) is 2.40. The van der Waals surface area contributed by atoms with E-state index in [1.165, 1.54) is 35.2 Å². The van der Waals surface area contributed by atoms with Crippen LogP contribution in [0.5, 0.6) is 5.75 Å². The van der Waals surface area contributed by atoms with Crippen LogP contribution in [0.25, 0.3) is 0 Å². The molecule has 7 heteroatoms. The lowest BCUT2D eigenvalue weighted by Gasteiger charge is -2.28. The Morgan fingerprint density at radius 3 is 2.52 bits per heavy atom. The summed E-state index contributed by atoms with van der Waals surface area (Å²) < 4.78 is 33.0. The first-order chi connectivity index (χ1) is 12.8. The van der Waals surface area contributed by atoms with E-state index >= 15 is 0 Å². The number of nitrogens with zero attached hydrogens (tertiary/aromatic N) is 1. The fraction of sp³-hybridized carbons (Fsp3) is 0.350. The van der Waals surface area contributed by atoms with Crippen molar-refractivity contribution in [1.82, 2.24) is 9.62 Å². The Labute approximate surface area is 160 Å². The number of nitrogens with one attached hydrogen (secondary N) is 1. The quantitative estimate of drug-likeness (QED) is 0.854. The SMILES string of the molecule is COc1ccc(S(=O)(=O)N2CCc3ccccc3C2)cc1C(=O)NC(C)C. The van der Waals surface area contributed by atoms with E-state index in [0.29, 0.717) is 25.3 Å². The van der Waals surface area contributed by atoms with E-state index in [9.17, 15) is 13.2 Å². The number of hydrogen-bond acceptors (Lipinski definition) is 4. The Morgan fingerprint density at radius 1 is 1.15 bits per heavy atom. The topological polar surface area (TPSA) is 75.7 Å². The molecular formula is C20H24N2O4S. The first-order valence-corrected chi connectivity index (χ1v) is 10.3. The minimum absolute atomic E-state index is 0.0685. The van der Waals surface area contributed by atoms with E-state index in [2.05, 4.69) is 5.32 Å². The second-order valence-electron chi connectivity index (χ2n) is 6.85. The lowest BCUT2D eigenvalue weighted by Crippen LogP contribution is -2.36. The van der Waals surface area contributed by atoms with Gasteiger partial charge in [0.05, 0.1) is 17.6 Å². The predicted octanol–water partition coefficient (Wildman–Crippen LogP) is 2.58. The molecule has 0 unspecified atom stereocenters. The van der Waals surface area contributed by atoms with Gasteiger partial charge in [-0.1, -0.05) is 24.3 Å². The normalized spacial score (nSPS) is 14.7. The summed E-state index contributed by atoms with van der Waals surface area (Å²) in [5.74, 6) is -0.0148. The number of amides is 1. The van der Waals surface area contributed by atoms with Gasteiger partial charge in [-0.25, -0.2) is 8.42 Å². The molecule has 1 aliphatic rings. The molecular weight excluding hydrogens is 364 g/mol.